The molecule has 64 heavy (non-hydrogen) atoms. The van der Waals surface area contributed by atoms with Gasteiger partial charge in [-0.05, 0) is 111 Å². The quantitative estimate of drug-likeness (QED) is 0.125. The van der Waals surface area contributed by atoms with Crippen molar-refractivity contribution < 1.29 is 32.5 Å². The van der Waals surface area contributed by atoms with Gasteiger partial charge in [-0.1, -0.05) is 20.4 Å². The first-order valence-electron chi connectivity index (χ1n) is 21.2. The fourth-order valence-electron chi connectivity index (χ4n) is 9.04. The lowest BCUT2D eigenvalue weighted by atomic mass is 9.86. The van der Waals surface area contributed by atoms with Gasteiger partial charge in [0.15, 0.2) is 11.2 Å². The molecule has 0 bridgehead atoms. The first kappa shape index (κ1) is 41.1. The Morgan fingerprint density at radius 2 is 1.75 bits per heavy atom. The molecule has 0 radical (unpaired) electrons. The first-order valence-corrected chi connectivity index (χ1v) is 22.6. The van der Waals surface area contributed by atoms with Crippen LogP contribution >= 0.6 is 0 Å². The number of nitrogens with one attached hydrogen (secondary N) is 1. The Balaban J connectivity index is 0.828. The van der Waals surface area contributed by atoms with Crippen LogP contribution in [0.15, 0.2) is 100 Å². The van der Waals surface area contributed by atoms with Crippen LogP contribution in [0.25, 0.3) is 44.6 Å². The summed E-state index contributed by atoms with van der Waals surface area (Å²) in [5.41, 5.74) is 10.4. The summed E-state index contributed by atoms with van der Waals surface area (Å²) >= 11 is 0. The lowest BCUT2D eigenvalue weighted by Gasteiger charge is -2.31. The van der Waals surface area contributed by atoms with Gasteiger partial charge in [0.25, 0.3) is 5.56 Å². The van der Waals surface area contributed by atoms with Crippen LogP contribution < -0.4 is 26.1 Å². The normalized spacial score (nSPS) is 18.0. The maximum absolute atomic E-state index is 13.7. The molecule has 7 heterocycles. The second-order valence-corrected chi connectivity index (χ2v) is 18.3. The van der Waals surface area contributed by atoms with Crippen LogP contribution in [0.4, 0.5) is 5.82 Å². The van der Waals surface area contributed by atoms with E-state index < -0.39 is 21.4 Å². The highest BCUT2D eigenvalue weighted by Gasteiger charge is 2.45. The van der Waals surface area contributed by atoms with Crippen molar-refractivity contribution in [2.45, 2.75) is 69.2 Å². The number of hydrogen-bond acceptors (Lipinski definition) is 14. The Hall–Kier alpha value is -6.95. The number of cyclic esters (lactones) is 1. The van der Waals surface area contributed by atoms with Crippen molar-refractivity contribution in [3.8, 4) is 39.9 Å². The average molecular weight is 881 g/mol. The third-order valence-corrected chi connectivity index (χ3v) is 14.3. The third kappa shape index (κ3) is 6.69. The molecule has 3 aliphatic rings. The fourth-order valence-corrected chi connectivity index (χ4v) is 10.1. The summed E-state index contributed by atoms with van der Waals surface area (Å²) < 4.78 is 48.1. The Kier molecular flexibility index (Phi) is 10.1. The number of fused-ring (bicyclic) bond motifs is 6. The van der Waals surface area contributed by atoms with Gasteiger partial charge in [0.2, 0.25) is 9.84 Å². The molecule has 0 saturated carbocycles. The number of nitrogens with zero attached hydrogens (tertiary/aromatic N) is 6. The third-order valence-electron chi connectivity index (χ3n) is 12.5. The number of hydrogen-bond donors (Lipinski definition) is 3. The van der Waals surface area contributed by atoms with Gasteiger partial charge < -0.3 is 34.9 Å². The van der Waals surface area contributed by atoms with E-state index in [4.69, 9.17) is 30.0 Å². The maximum atomic E-state index is 13.7. The van der Waals surface area contributed by atoms with Crippen molar-refractivity contribution in [3.05, 3.63) is 123 Å². The van der Waals surface area contributed by atoms with E-state index >= 15 is 0 Å². The number of aliphatic hydroxyl groups is 1. The van der Waals surface area contributed by atoms with Gasteiger partial charge in [0.05, 0.1) is 50.2 Å². The molecule has 0 amide bonds. The van der Waals surface area contributed by atoms with Gasteiger partial charge in [-0.2, -0.15) is 5.10 Å². The number of rotatable bonds is 11. The van der Waals surface area contributed by atoms with Gasteiger partial charge in [0, 0.05) is 28.6 Å². The largest absolute Gasteiger partial charge is 0.488 e. The molecule has 3 aromatic carbocycles. The van der Waals surface area contributed by atoms with E-state index in [0.29, 0.717) is 63.1 Å². The van der Waals surface area contributed by atoms with Crippen LogP contribution in [0.1, 0.15) is 61.4 Å². The Bertz CT molecular complexity index is 3230. The SMILES string of the molecule is C=C(COc1ccc2nc3c(c(CC)c2c1)Cn1c-3cc2c(c1=O)COC(=O)[C@]2(O)CC)S(=O)(=O)c1ccc(Oc2ccc(-c3nn([C@@H]4CCCNC4)c4ncnc(N)c34)cc2)cc1. The maximum Gasteiger partial charge on any atom is 0.343 e. The second kappa shape index (κ2) is 15.7. The number of ether oxygens (including phenoxy) is 3. The first-order chi connectivity index (χ1) is 30.9. The molecule has 4 N–H and O–H groups in total. The number of pyridine rings is 2. The van der Waals surface area contributed by atoms with Crippen molar-refractivity contribution in [2.24, 2.45) is 0 Å². The standard InChI is InChI=1S/C47H44N8O8S/c1-4-33-34-19-31(14-17-38(34)52-42-35(33)22-54-39(42)20-37-36(45(54)56)24-62-46(57)47(37,58)5-2)61-23-26(3)64(59,60)32-15-12-30(13-16-32)63-29-10-8-27(9-11-29)41-40-43(48)50-25-51-44(40)55(53-41)28-7-6-18-49-21-28/h8-17,19-20,25,28,49,58H,3-7,18,21-24H2,1-2H3,(H2,48,50,51)/t28-,47+/m1/s1. The minimum atomic E-state index is -3.98. The highest BCUT2D eigenvalue weighted by Crippen LogP contribution is 2.41. The summed E-state index contributed by atoms with van der Waals surface area (Å²) in [6, 6.07) is 20.6. The minimum Gasteiger partial charge on any atom is -0.488 e. The van der Waals surface area contributed by atoms with Crippen molar-refractivity contribution in [2.75, 3.05) is 25.4 Å². The van der Waals surface area contributed by atoms with Crippen molar-refractivity contribution in [1.82, 2.24) is 34.6 Å². The van der Waals surface area contributed by atoms with Crippen LogP contribution in [0.5, 0.6) is 17.2 Å². The van der Waals surface area contributed by atoms with Crippen molar-refractivity contribution in [3.63, 3.8) is 0 Å². The van der Waals surface area contributed by atoms with E-state index in [-0.39, 0.29) is 58.7 Å². The van der Waals surface area contributed by atoms with Gasteiger partial charge in [-0.15, -0.1) is 0 Å². The fraction of sp³-hybridized carbons (Fsp3) is 0.277. The van der Waals surface area contributed by atoms with Gasteiger partial charge in [-0.3, -0.25) is 4.79 Å². The van der Waals surface area contributed by atoms with Crippen LogP contribution in [-0.2, 0) is 44.5 Å². The molecule has 0 spiro atoms. The molecule has 3 aliphatic heterocycles. The van der Waals surface area contributed by atoms with E-state index in [9.17, 15) is 23.1 Å². The van der Waals surface area contributed by atoms with Gasteiger partial charge in [0.1, 0.15) is 48.3 Å². The number of anilines is 1. The highest BCUT2D eigenvalue weighted by molar-refractivity contribution is 7.95. The van der Waals surface area contributed by atoms with Crippen molar-refractivity contribution in [1.29, 1.82) is 0 Å². The second-order valence-electron chi connectivity index (χ2n) is 16.2. The van der Waals surface area contributed by atoms with E-state index in [1.165, 1.54) is 18.5 Å². The molecule has 0 aliphatic carbocycles. The van der Waals surface area contributed by atoms with Crippen molar-refractivity contribution >= 4 is 43.6 Å². The molecular formula is C47H44N8O8S. The summed E-state index contributed by atoms with van der Waals surface area (Å²) in [6.45, 7) is 9.05. The number of piperidine rings is 1. The number of carbonyl (C=O) groups is 1. The molecule has 17 heteroatoms. The number of carbonyl (C=O) groups excluding carboxylic acids is 1. The van der Waals surface area contributed by atoms with Crippen LogP contribution in [0.3, 0.4) is 0 Å². The lowest BCUT2D eigenvalue weighted by molar-refractivity contribution is -0.172. The number of nitrogens with two attached hydrogens (primary N) is 1. The van der Waals surface area contributed by atoms with Gasteiger partial charge in [-0.25, -0.2) is 32.8 Å². The summed E-state index contributed by atoms with van der Waals surface area (Å²) in [5.74, 6) is 0.978. The Morgan fingerprint density at radius 1 is 1.00 bits per heavy atom. The smallest absolute Gasteiger partial charge is 0.343 e. The van der Waals surface area contributed by atoms with Crippen LogP contribution in [0, 0.1) is 0 Å². The molecule has 16 nitrogen and oxygen atoms in total. The summed E-state index contributed by atoms with van der Waals surface area (Å²) in [5, 5.41) is 21.1. The van der Waals surface area contributed by atoms with E-state index in [1.54, 1.807) is 41.8 Å². The summed E-state index contributed by atoms with van der Waals surface area (Å²) in [4.78, 5) is 39.9. The zero-order valence-corrected chi connectivity index (χ0v) is 35.9. The van der Waals surface area contributed by atoms with Gasteiger partial charge >= 0.3 is 5.97 Å². The molecule has 326 valence electrons. The predicted molar refractivity (Wildman–Crippen MR) is 239 cm³/mol. The molecule has 1 saturated heterocycles. The monoisotopic (exact) mass is 880 g/mol. The minimum absolute atomic E-state index is 0.0376. The summed E-state index contributed by atoms with van der Waals surface area (Å²) in [6.07, 6.45) is 4.14. The highest BCUT2D eigenvalue weighted by atomic mass is 32.2. The van der Waals surface area contributed by atoms with E-state index in [0.717, 1.165) is 48.0 Å². The van der Waals surface area contributed by atoms with Crippen LogP contribution in [-0.4, -0.2) is 68.5 Å². The Labute approximate surface area is 367 Å². The Morgan fingerprint density at radius 3 is 2.47 bits per heavy atom. The summed E-state index contributed by atoms with van der Waals surface area (Å²) in [7, 11) is -3.98. The topological polar surface area (TPSA) is 216 Å². The zero-order valence-electron chi connectivity index (χ0n) is 35.1. The molecular weight excluding hydrogens is 837 g/mol. The zero-order chi connectivity index (χ0) is 44.5. The molecule has 2 atom stereocenters. The number of sulfone groups is 1. The number of benzene rings is 3. The molecule has 4 aromatic heterocycles. The number of esters is 1. The molecule has 7 aromatic rings. The number of nitrogen functional groups attached to an aromatic ring is 1. The number of aryl methyl sites for hydroxylation is 1. The molecule has 10 rings (SSSR count). The lowest BCUT2D eigenvalue weighted by Crippen LogP contribution is -2.44. The van der Waals surface area contributed by atoms with E-state index in [2.05, 4.69) is 21.9 Å². The van der Waals surface area contributed by atoms with Crippen LogP contribution in [0.2, 0.25) is 0 Å². The predicted octanol–water partition coefficient (Wildman–Crippen LogP) is 6.11. The number of aromatic nitrogens is 6. The van der Waals surface area contributed by atoms with E-state index in [1.807, 2.05) is 41.9 Å². The molecule has 1 fully saturated rings. The average Bonchev–Trinajstić information content (AvgIpc) is 3.89. The molecule has 0 unspecified atom stereocenters.